The average Bonchev–Trinajstić information content (AvgIpc) is 2.24. The molecular weight excluding hydrogens is 186 g/mol. The highest BCUT2D eigenvalue weighted by molar-refractivity contribution is 5.55. The topological polar surface area (TPSA) is 22.1 Å². The maximum absolute atomic E-state index is 5.33. The minimum absolute atomic E-state index is 0.983. The zero-order chi connectivity index (χ0) is 11.3. The molecule has 0 aromatic carbocycles. The summed E-state index contributed by atoms with van der Waals surface area (Å²) in [5.74, 6) is 1.03. The molecule has 0 amide bonds. The van der Waals surface area contributed by atoms with Crippen LogP contribution in [0.2, 0.25) is 0 Å². The largest absolute Gasteiger partial charge is 0.501 e. The second kappa shape index (κ2) is 5.54. The van der Waals surface area contributed by atoms with Crippen LogP contribution >= 0.6 is 0 Å². The number of nitrogens with zero attached hydrogens (tertiary/aromatic N) is 1. The van der Waals surface area contributed by atoms with Crippen molar-refractivity contribution in [3.8, 4) is 0 Å². The molecule has 0 fully saturated rings. The number of methoxy groups -OCH3 is 1. The van der Waals surface area contributed by atoms with E-state index in [1.54, 1.807) is 7.11 Å². The molecule has 2 heteroatoms. The van der Waals surface area contributed by atoms with Gasteiger partial charge < -0.3 is 4.74 Å². The molecule has 82 valence electrons. The predicted octanol–water partition coefficient (Wildman–Crippen LogP) is 3.49. The Balaban J connectivity index is 3.00. The van der Waals surface area contributed by atoms with Crippen LogP contribution in [-0.4, -0.2) is 12.1 Å². The van der Waals surface area contributed by atoms with Crippen LogP contribution in [-0.2, 0) is 4.74 Å². The SMILES string of the molecule is CCCC(=Cc1ccnc(C)c1C)OC. The van der Waals surface area contributed by atoms with Crippen LogP contribution in [0.5, 0.6) is 0 Å². The van der Waals surface area contributed by atoms with E-state index in [1.165, 1.54) is 11.1 Å². The number of pyridine rings is 1. The Hall–Kier alpha value is -1.31. The van der Waals surface area contributed by atoms with E-state index in [9.17, 15) is 0 Å². The maximum atomic E-state index is 5.33. The fourth-order valence-corrected chi connectivity index (χ4v) is 1.47. The molecular formula is C13H19NO. The van der Waals surface area contributed by atoms with Crippen molar-refractivity contribution >= 4 is 6.08 Å². The van der Waals surface area contributed by atoms with Crippen LogP contribution in [0.3, 0.4) is 0 Å². The van der Waals surface area contributed by atoms with Gasteiger partial charge in [-0.25, -0.2) is 0 Å². The molecule has 0 aliphatic heterocycles. The van der Waals surface area contributed by atoms with Crippen molar-refractivity contribution in [3.63, 3.8) is 0 Å². The molecule has 0 saturated heterocycles. The minimum Gasteiger partial charge on any atom is -0.501 e. The lowest BCUT2D eigenvalue weighted by molar-refractivity contribution is 0.280. The van der Waals surface area contributed by atoms with E-state index in [4.69, 9.17) is 4.74 Å². The molecule has 1 rings (SSSR count). The van der Waals surface area contributed by atoms with Crippen molar-refractivity contribution in [2.45, 2.75) is 33.6 Å². The molecule has 0 saturated carbocycles. The Morgan fingerprint density at radius 2 is 2.20 bits per heavy atom. The van der Waals surface area contributed by atoms with Crippen LogP contribution in [0.4, 0.5) is 0 Å². The molecule has 0 unspecified atom stereocenters. The molecule has 0 N–H and O–H groups in total. The third-order valence-electron chi connectivity index (χ3n) is 2.57. The zero-order valence-electron chi connectivity index (χ0n) is 10.0. The number of hydrogen-bond donors (Lipinski definition) is 0. The van der Waals surface area contributed by atoms with Gasteiger partial charge in [0.15, 0.2) is 0 Å². The number of aromatic nitrogens is 1. The van der Waals surface area contributed by atoms with Crippen molar-refractivity contribution < 1.29 is 4.74 Å². The first-order valence-electron chi connectivity index (χ1n) is 5.35. The second-order valence-corrected chi connectivity index (χ2v) is 3.68. The van der Waals surface area contributed by atoms with E-state index in [0.717, 1.165) is 24.3 Å². The lowest BCUT2D eigenvalue weighted by Crippen LogP contribution is -1.92. The number of aryl methyl sites for hydroxylation is 1. The van der Waals surface area contributed by atoms with Gasteiger partial charge in [0.05, 0.1) is 12.9 Å². The van der Waals surface area contributed by atoms with Gasteiger partial charge in [0.2, 0.25) is 0 Å². The highest BCUT2D eigenvalue weighted by Crippen LogP contribution is 2.16. The molecule has 0 bridgehead atoms. The average molecular weight is 205 g/mol. The number of allylic oxidation sites excluding steroid dienone is 1. The first kappa shape index (κ1) is 11.8. The van der Waals surface area contributed by atoms with Gasteiger partial charge in [-0.15, -0.1) is 0 Å². The summed E-state index contributed by atoms with van der Waals surface area (Å²) < 4.78 is 5.33. The van der Waals surface area contributed by atoms with Crippen molar-refractivity contribution in [3.05, 3.63) is 34.8 Å². The fourth-order valence-electron chi connectivity index (χ4n) is 1.47. The summed E-state index contributed by atoms with van der Waals surface area (Å²) in [6.07, 6.45) is 6.03. The molecule has 15 heavy (non-hydrogen) atoms. The van der Waals surface area contributed by atoms with E-state index < -0.39 is 0 Å². The normalized spacial score (nSPS) is 11.6. The Kier molecular flexibility index (Phi) is 4.35. The summed E-state index contributed by atoms with van der Waals surface area (Å²) in [5, 5.41) is 0. The van der Waals surface area contributed by atoms with Gasteiger partial charge in [-0.1, -0.05) is 6.92 Å². The molecule has 0 aliphatic rings. The third kappa shape index (κ3) is 3.08. The monoisotopic (exact) mass is 205 g/mol. The molecule has 1 heterocycles. The number of ether oxygens (including phenoxy) is 1. The highest BCUT2D eigenvalue weighted by Gasteiger charge is 2.01. The Bertz CT molecular complexity index is 356. The zero-order valence-corrected chi connectivity index (χ0v) is 10.0. The quantitative estimate of drug-likeness (QED) is 0.702. The van der Waals surface area contributed by atoms with E-state index >= 15 is 0 Å². The third-order valence-corrected chi connectivity index (χ3v) is 2.57. The van der Waals surface area contributed by atoms with Gasteiger partial charge in [-0.2, -0.15) is 0 Å². The maximum Gasteiger partial charge on any atom is 0.0961 e. The van der Waals surface area contributed by atoms with Crippen LogP contribution < -0.4 is 0 Å². The summed E-state index contributed by atoms with van der Waals surface area (Å²) in [5.41, 5.74) is 3.51. The van der Waals surface area contributed by atoms with Gasteiger partial charge in [0, 0.05) is 18.3 Å². The van der Waals surface area contributed by atoms with Gasteiger partial charge in [0.25, 0.3) is 0 Å². The minimum atomic E-state index is 0.983. The van der Waals surface area contributed by atoms with E-state index in [0.29, 0.717) is 0 Å². The summed E-state index contributed by atoms with van der Waals surface area (Å²) in [6.45, 7) is 6.27. The lowest BCUT2D eigenvalue weighted by atomic mass is 10.1. The highest BCUT2D eigenvalue weighted by atomic mass is 16.5. The van der Waals surface area contributed by atoms with Crippen molar-refractivity contribution in [1.29, 1.82) is 0 Å². The van der Waals surface area contributed by atoms with Crippen LogP contribution in [0.15, 0.2) is 18.0 Å². The van der Waals surface area contributed by atoms with Crippen LogP contribution in [0, 0.1) is 13.8 Å². The first-order chi connectivity index (χ1) is 7.19. The van der Waals surface area contributed by atoms with Gasteiger partial charge in [-0.05, 0) is 43.5 Å². The second-order valence-electron chi connectivity index (χ2n) is 3.68. The predicted molar refractivity (Wildman–Crippen MR) is 63.6 cm³/mol. The lowest BCUT2D eigenvalue weighted by Gasteiger charge is -2.07. The van der Waals surface area contributed by atoms with Crippen molar-refractivity contribution in [2.75, 3.05) is 7.11 Å². The van der Waals surface area contributed by atoms with Gasteiger partial charge in [0.1, 0.15) is 0 Å². The summed E-state index contributed by atoms with van der Waals surface area (Å²) in [6, 6.07) is 2.02. The Labute approximate surface area is 92.0 Å². The van der Waals surface area contributed by atoms with Gasteiger partial charge in [-0.3, -0.25) is 4.98 Å². The van der Waals surface area contributed by atoms with Crippen LogP contribution in [0.25, 0.3) is 6.08 Å². The standard InChI is InChI=1S/C13H19NO/c1-5-6-13(15-4)9-12-7-8-14-11(3)10(12)2/h7-9H,5-6H2,1-4H3. The molecule has 0 aliphatic carbocycles. The summed E-state index contributed by atoms with van der Waals surface area (Å²) in [7, 11) is 1.73. The van der Waals surface area contributed by atoms with E-state index in [1.807, 2.05) is 19.2 Å². The van der Waals surface area contributed by atoms with Gasteiger partial charge >= 0.3 is 0 Å². The Morgan fingerprint density at radius 3 is 2.80 bits per heavy atom. The summed E-state index contributed by atoms with van der Waals surface area (Å²) in [4.78, 5) is 4.25. The molecule has 1 aromatic rings. The number of rotatable bonds is 4. The fraction of sp³-hybridized carbons (Fsp3) is 0.462. The molecule has 0 atom stereocenters. The molecule has 2 nitrogen and oxygen atoms in total. The molecule has 0 spiro atoms. The smallest absolute Gasteiger partial charge is 0.0961 e. The number of hydrogen-bond acceptors (Lipinski definition) is 2. The van der Waals surface area contributed by atoms with Crippen molar-refractivity contribution in [1.82, 2.24) is 4.98 Å². The first-order valence-corrected chi connectivity index (χ1v) is 5.35. The van der Waals surface area contributed by atoms with E-state index in [2.05, 4.69) is 24.9 Å². The molecule has 0 radical (unpaired) electrons. The Morgan fingerprint density at radius 1 is 1.47 bits per heavy atom. The van der Waals surface area contributed by atoms with Crippen LogP contribution in [0.1, 0.15) is 36.6 Å². The van der Waals surface area contributed by atoms with E-state index in [-0.39, 0.29) is 0 Å². The van der Waals surface area contributed by atoms with Crippen molar-refractivity contribution in [2.24, 2.45) is 0 Å². The molecule has 1 aromatic heterocycles. The summed E-state index contributed by atoms with van der Waals surface area (Å²) >= 11 is 0.